The van der Waals surface area contributed by atoms with E-state index in [-0.39, 0.29) is 14.6 Å². The van der Waals surface area contributed by atoms with Crippen LogP contribution in [-0.4, -0.2) is 20.6 Å². The topological polar surface area (TPSA) is 36.8 Å². The number of nitrogens with one attached hydrogen (secondary N) is 1. The summed E-state index contributed by atoms with van der Waals surface area (Å²) in [6.45, 7) is 7.14. The van der Waals surface area contributed by atoms with E-state index in [9.17, 15) is 0 Å². The van der Waals surface area contributed by atoms with Crippen LogP contribution in [0.25, 0.3) is 0 Å². The first-order chi connectivity index (χ1) is 9.05. The maximum atomic E-state index is 4.55. The van der Waals surface area contributed by atoms with Gasteiger partial charge in [-0.3, -0.25) is 0 Å². The summed E-state index contributed by atoms with van der Waals surface area (Å²) < 4.78 is 9.00. The summed E-state index contributed by atoms with van der Waals surface area (Å²) in [5.41, 5.74) is 3.82. The molecular weight excluding hydrogens is 301 g/mol. The molecule has 102 valence electrons. The van der Waals surface area contributed by atoms with Crippen molar-refractivity contribution in [3.05, 3.63) is 18.2 Å². The third-order valence-electron chi connectivity index (χ3n) is 4.32. The van der Waals surface area contributed by atoms with Gasteiger partial charge >= 0.3 is 120 Å². The molecule has 1 heterocycles. The summed E-state index contributed by atoms with van der Waals surface area (Å²) in [5, 5.41) is 3.72. The molecule has 0 amide bonds. The van der Waals surface area contributed by atoms with E-state index in [4.69, 9.17) is 0 Å². The number of fused-ring (bicyclic) bond motifs is 1. The SMILES string of the molecule is CC1CC(C)(C)CCC1Nc1cccc2c1N=[Se]=N2. The Hall–Kier alpha value is -0.861. The van der Waals surface area contributed by atoms with Gasteiger partial charge in [-0.05, 0) is 0 Å². The van der Waals surface area contributed by atoms with Crippen LogP contribution in [0.15, 0.2) is 26.1 Å². The van der Waals surface area contributed by atoms with Crippen molar-refractivity contribution in [2.24, 2.45) is 19.3 Å². The zero-order valence-electron chi connectivity index (χ0n) is 11.8. The average Bonchev–Trinajstić information content (AvgIpc) is 2.81. The van der Waals surface area contributed by atoms with Gasteiger partial charge < -0.3 is 0 Å². The van der Waals surface area contributed by atoms with Crippen molar-refractivity contribution >= 4 is 31.6 Å². The van der Waals surface area contributed by atoms with Crippen LogP contribution in [0.2, 0.25) is 0 Å². The van der Waals surface area contributed by atoms with Crippen LogP contribution in [0.5, 0.6) is 0 Å². The minimum absolute atomic E-state index is 0.0558. The maximum absolute atomic E-state index is 4.55. The summed E-state index contributed by atoms with van der Waals surface area (Å²) in [6, 6.07) is 6.86. The molecule has 2 unspecified atom stereocenters. The molecule has 0 spiro atoms. The zero-order valence-corrected chi connectivity index (χ0v) is 13.5. The number of anilines is 1. The van der Waals surface area contributed by atoms with Gasteiger partial charge in [0.1, 0.15) is 0 Å². The van der Waals surface area contributed by atoms with Crippen LogP contribution in [0.3, 0.4) is 0 Å². The van der Waals surface area contributed by atoms with Crippen LogP contribution in [0, 0.1) is 11.3 Å². The molecule has 1 aliphatic carbocycles. The van der Waals surface area contributed by atoms with Crippen molar-refractivity contribution in [1.82, 2.24) is 0 Å². The van der Waals surface area contributed by atoms with Crippen LogP contribution in [0.4, 0.5) is 17.1 Å². The molecule has 0 aromatic heterocycles. The fourth-order valence-corrected chi connectivity index (χ4v) is 4.44. The van der Waals surface area contributed by atoms with E-state index in [1.807, 2.05) is 0 Å². The quantitative estimate of drug-likeness (QED) is 0.802. The van der Waals surface area contributed by atoms with E-state index in [0.29, 0.717) is 17.4 Å². The third-order valence-corrected chi connectivity index (χ3v) is 5.46. The number of nitrogens with zero attached hydrogens (tertiary/aromatic N) is 2. The molecule has 3 rings (SSSR count). The van der Waals surface area contributed by atoms with Crippen LogP contribution in [-0.2, 0) is 0 Å². The molecule has 19 heavy (non-hydrogen) atoms. The first-order valence-electron chi connectivity index (χ1n) is 7.03. The molecule has 1 N–H and O–H groups in total. The first kappa shape index (κ1) is 13.1. The third kappa shape index (κ3) is 2.70. The summed E-state index contributed by atoms with van der Waals surface area (Å²) in [5.74, 6) is 0.712. The van der Waals surface area contributed by atoms with E-state index < -0.39 is 0 Å². The predicted molar refractivity (Wildman–Crippen MR) is 80.6 cm³/mol. The number of rotatable bonds is 2. The van der Waals surface area contributed by atoms with Crippen molar-refractivity contribution in [2.75, 3.05) is 5.32 Å². The molecule has 4 heteroatoms. The summed E-state index contributed by atoms with van der Waals surface area (Å²) in [7, 11) is 0. The number of benzene rings is 1. The van der Waals surface area contributed by atoms with Crippen LogP contribution >= 0.6 is 0 Å². The van der Waals surface area contributed by atoms with Gasteiger partial charge in [0, 0.05) is 0 Å². The number of hydrogen-bond donors (Lipinski definition) is 1. The molecular formula is C15H21N3Se. The zero-order chi connectivity index (χ0) is 13.5. The molecule has 2 atom stereocenters. The molecule has 0 bridgehead atoms. The molecule has 1 saturated carbocycles. The summed E-state index contributed by atoms with van der Waals surface area (Å²) >= 11 is 0.0558. The monoisotopic (exact) mass is 323 g/mol. The van der Waals surface area contributed by atoms with Gasteiger partial charge in [0.15, 0.2) is 0 Å². The second-order valence-corrected chi connectivity index (χ2v) is 7.68. The van der Waals surface area contributed by atoms with Crippen LogP contribution < -0.4 is 5.32 Å². The molecule has 1 aliphatic heterocycles. The second-order valence-electron chi connectivity index (χ2n) is 6.57. The van der Waals surface area contributed by atoms with E-state index in [2.05, 4.69) is 52.2 Å². The Labute approximate surface area is 120 Å². The van der Waals surface area contributed by atoms with Gasteiger partial charge in [0.25, 0.3) is 0 Å². The Morgan fingerprint density at radius 2 is 2.16 bits per heavy atom. The molecule has 3 nitrogen and oxygen atoms in total. The van der Waals surface area contributed by atoms with Gasteiger partial charge in [-0.1, -0.05) is 0 Å². The fraction of sp³-hybridized carbons (Fsp3) is 0.600. The van der Waals surface area contributed by atoms with Crippen LogP contribution in [0.1, 0.15) is 40.0 Å². The molecule has 0 radical (unpaired) electrons. The minimum atomic E-state index is 0.0558. The summed E-state index contributed by atoms with van der Waals surface area (Å²) in [4.78, 5) is 0. The van der Waals surface area contributed by atoms with Gasteiger partial charge in [-0.15, -0.1) is 0 Å². The van der Waals surface area contributed by atoms with E-state index in [1.54, 1.807) is 0 Å². The Morgan fingerprint density at radius 1 is 1.32 bits per heavy atom. The Kier molecular flexibility index (Phi) is 3.40. The van der Waals surface area contributed by atoms with Gasteiger partial charge in [0.2, 0.25) is 0 Å². The second kappa shape index (κ2) is 4.91. The molecule has 1 aromatic carbocycles. The van der Waals surface area contributed by atoms with E-state index in [0.717, 1.165) is 11.4 Å². The van der Waals surface area contributed by atoms with E-state index >= 15 is 0 Å². The Bertz CT molecular complexity index is 559. The fourth-order valence-electron chi connectivity index (χ4n) is 3.28. The Morgan fingerprint density at radius 3 is 2.95 bits per heavy atom. The molecule has 2 aliphatic rings. The van der Waals surface area contributed by atoms with Crippen molar-refractivity contribution in [3.63, 3.8) is 0 Å². The van der Waals surface area contributed by atoms with Gasteiger partial charge in [-0.25, -0.2) is 0 Å². The Balaban J connectivity index is 1.77. The average molecular weight is 322 g/mol. The molecule has 1 fully saturated rings. The summed E-state index contributed by atoms with van der Waals surface area (Å²) in [6.07, 6.45) is 3.85. The predicted octanol–water partition coefficient (Wildman–Crippen LogP) is 4.66. The van der Waals surface area contributed by atoms with E-state index in [1.165, 1.54) is 24.9 Å². The first-order valence-corrected chi connectivity index (χ1v) is 8.56. The normalized spacial score (nSPS) is 27.7. The van der Waals surface area contributed by atoms with Crippen molar-refractivity contribution in [3.8, 4) is 0 Å². The standard InChI is InChI=1S/C15H21N3Se/c1-10-9-15(2,3)8-7-11(10)16-12-5-4-6-13-14(12)18-19-17-13/h4-6,10-11,16H,7-9H2,1-3H3. The van der Waals surface area contributed by atoms with Gasteiger partial charge in [0.05, 0.1) is 0 Å². The van der Waals surface area contributed by atoms with Crippen molar-refractivity contribution < 1.29 is 0 Å². The molecule has 1 aromatic rings. The number of hydrogen-bond acceptors (Lipinski definition) is 3. The van der Waals surface area contributed by atoms with Crippen molar-refractivity contribution in [2.45, 2.75) is 46.1 Å². The van der Waals surface area contributed by atoms with Gasteiger partial charge in [-0.2, -0.15) is 0 Å². The molecule has 0 saturated heterocycles. The van der Waals surface area contributed by atoms with Crippen molar-refractivity contribution in [1.29, 1.82) is 0 Å².